The summed E-state index contributed by atoms with van der Waals surface area (Å²) in [7, 11) is 0. The van der Waals surface area contributed by atoms with Crippen molar-refractivity contribution in [2.45, 2.75) is 31.5 Å². The smallest absolute Gasteiger partial charge is 0.357 e. The second-order valence-electron chi connectivity index (χ2n) is 7.02. The molecule has 0 radical (unpaired) electrons. The summed E-state index contributed by atoms with van der Waals surface area (Å²) in [6.07, 6.45) is -2.77. The Balaban J connectivity index is 1.43. The number of fused-ring (bicyclic) bond motifs is 1. The van der Waals surface area contributed by atoms with Gasteiger partial charge in [-0.15, -0.1) is 0 Å². The number of aromatic nitrogens is 1. The van der Waals surface area contributed by atoms with E-state index in [2.05, 4.69) is 28.1 Å². The molecular weight excluding hydrogens is 337 g/mol. The Morgan fingerprint density at radius 3 is 2.38 bits per heavy atom. The highest BCUT2D eigenvalue weighted by Crippen LogP contribution is 2.38. The Morgan fingerprint density at radius 1 is 0.962 bits per heavy atom. The lowest BCUT2D eigenvalue weighted by atomic mass is 9.86. The molecule has 5 heteroatoms. The van der Waals surface area contributed by atoms with Crippen molar-refractivity contribution < 1.29 is 13.2 Å². The van der Waals surface area contributed by atoms with Crippen molar-refractivity contribution in [3.05, 3.63) is 71.4 Å². The molecular formula is C21H21F3N2. The molecule has 0 amide bonds. The van der Waals surface area contributed by atoms with Gasteiger partial charge >= 0.3 is 6.18 Å². The van der Waals surface area contributed by atoms with E-state index in [4.69, 9.17) is 0 Å². The maximum absolute atomic E-state index is 13.3. The third-order valence-electron chi connectivity index (χ3n) is 5.27. The molecule has 1 N–H and O–H groups in total. The van der Waals surface area contributed by atoms with Crippen LogP contribution in [-0.4, -0.2) is 23.0 Å². The molecule has 2 aromatic carbocycles. The van der Waals surface area contributed by atoms with Crippen molar-refractivity contribution >= 4 is 10.9 Å². The number of rotatable bonds is 3. The third-order valence-corrected chi connectivity index (χ3v) is 5.27. The van der Waals surface area contributed by atoms with Gasteiger partial charge in [0.1, 0.15) is 0 Å². The zero-order valence-corrected chi connectivity index (χ0v) is 14.4. The first-order valence-electron chi connectivity index (χ1n) is 8.96. The van der Waals surface area contributed by atoms with Crippen molar-refractivity contribution in [2.75, 3.05) is 13.1 Å². The molecule has 0 aliphatic carbocycles. The molecule has 136 valence electrons. The van der Waals surface area contributed by atoms with Gasteiger partial charge in [-0.05, 0) is 61.0 Å². The van der Waals surface area contributed by atoms with Crippen molar-refractivity contribution in [3.63, 3.8) is 0 Å². The van der Waals surface area contributed by atoms with Gasteiger partial charge in [0.25, 0.3) is 0 Å². The molecule has 2 nitrogen and oxygen atoms in total. The van der Waals surface area contributed by atoms with Gasteiger partial charge in [0.2, 0.25) is 0 Å². The number of aromatic amines is 1. The van der Waals surface area contributed by atoms with Gasteiger partial charge in [0.05, 0.1) is 5.56 Å². The van der Waals surface area contributed by atoms with Crippen LogP contribution in [0.5, 0.6) is 0 Å². The van der Waals surface area contributed by atoms with Crippen molar-refractivity contribution in [1.29, 1.82) is 0 Å². The fourth-order valence-electron chi connectivity index (χ4n) is 3.97. The number of H-pyrrole nitrogens is 1. The number of likely N-dealkylation sites (tertiary alicyclic amines) is 1. The zero-order valence-electron chi connectivity index (χ0n) is 14.4. The average molecular weight is 358 g/mol. The molecule has 3 aromatic rings. The molecule has 1 aromatic heterocycles. The van der Waals surface area contributed by atoms with E-state index in [1.165, 1.54) is 17.5 Å². The Labute approximate surface area is 150 Å². The largest absolute Gasteiger partial charge is 0.416 e. The summed E-state index contributed by atoms with van der Waals surface area (Å²) in [6, 6.07) is 16.3. The van der Waals surface area contributed by atoms with E-state index in [1.54, 1.807) is 12.1 Å². The molecule has 1 saturated heterocycles. The summed E-state index contributed by atoms with van der Waals surface area (Å²) in [5.41, 5.74) is 2.25. The van der Waals surface area contributed by atoms with E-state index in [1.807, 2.05) is 12.1 Å². The van der Waals surface area contributed by atoms with Crippen LogP contribution < -0.4 is 0 Å². The lowest BCUT2D eigenvalue weighted by Gasteiger charge is -2.33. The minimum absolute atomic E-state index is 0.0215. The van der Waals surface area contributed by atoms with Gasteiger partial charge in [0.15, 0.2) is 0 Å². The molecule has 0 bridgehead atoms. The van der Waals surface area contributed by atoms with Crippen molar-refractivity contribution in [3.8, 4) is 0 Å². The Morgan fingerprint density at radius 2 is 1.65 bits per heavy atom. The normalized spacial score (nSPS) is 17.0. The molecule has 26 heavy (non-hydrogen) atoms. The van der Waals surface area contributed by atoms with E-state index in [0.717, 1.165) is 43.7 Å². The third kappa shape index (κ3) is 3.49. The van der Waals surface area contributed by atoms with Crippen LogP contribution in [-0.2, 0) is 12.7 Å². The van der Waals surface area contributed by atoms with Gasteiger partial charge < -0.3 is 4.98 Å². The van der Waals surface area contributed by atoms with E-state index in [0.29, 0.717) is 5.56 Å². The first-order chi connectivity index (χ1) is 12.5. The maximum Gasteiger partial charge on any atom is 0.416 e. The molecule has 0 unspecified atom stereocenters. The lowest BCUT2D eigenvalue weighted by Crippen LogP contribution is -2.33. The number of alkyl halides is 3. The van der Waals surface area contributed by atoms with Crippen LogP contribution in [0.4, 0.5) is 13.2 Å². The monoisotopic (exact) mass is 358 g/mol. The first kappa shape index (κ1) is 17.2. The topological polar surface area (TPSA) is 19.0 Å². The van der Waals surface area contributed by atoms with Gasteiger partial charge in [-0.3, -0.25) is 4.90 Å². The molecule has 2 heterocycles. The second kappa shape index (κ2) is 6.80. The van der Waals surface area contributed by atoms with Gasteiger partial charge in [-0.25, -0.2) is 0 Å². The summed E-state index contributed by atoms with van der Waals surface area (Å²) >= 11 is 0. The minimum Gasteiger partial charge on any atom is -0.357 e. The fraction of sp³-hybridized carbons (Fsp3) is 0.333. The molecule has 0 spiro atoms. The van der Waals surface area contributed by atoms with E-state index >= 15 is 0 Å². The number of nitrogens with zero attached hydrogens (tertiary/aromatic N) is 1. The standard InChI is InChI=1S/C21H21F3N2/c22-21(23,24)19-7-3-2-6-18(19)15-9-11-26(12-10-15)14-17-13-16-5-1-4-8-20(16)25-17/h1-8,13,15,25H,9-12,14H2. The Hall–Kier alpha value is -2.27. The van der Waals surface area contributed by atoms with Crippen molar-refractivity contribution in [1.82, 2.24) is 9.88 Å². The highest BCUT2D eigenvalue weighted by Gasteiger charge is 2.35. The van der Waals surface area contributed by atoms with Crippen molar-refractivity contribution in [2.24, 2.45) is 0 Å². The maximum atomic E-state index is 13.3. The van der Waals surface area contributed by atoms with Crippen LogP contribution in [0.3, 0.4) is 0 Å². The number of piperidine rings is 1. The van der Waals surface area contributed by atoms with Gasteiger partial charge in [-0.2, -0.15) is 13.2 Å². The Kier molecular flexibility index (Phi) is 4.49. The SMILES string of the molecule is FC(F)(F)c1ccccc1C1CCN(Cc2cc3ccccc3[nH]2)CC1. The highest BCUT2D eigenvalue weighted by molar-refractivity contribution is 5.80. The lowest BCUT2D eigenvalue weighted by molar-refractivity contribution is -0.138. The summed E-state index contributed by atoms with van der Waals surface area (Å²) < 4.78 is 39.8. The molecule has 0 saturated carbocycles. The van der Waals surface area contributed by atoms with Crippen LogP contribution in [0.2, 0.25) is 0 Å². The van der Waals surface area contributed by atoms with Crippen LogP contribution in [0.1, 0.15) is 35.6 Å². The number of hydrogen-bond acceptors (Lipinski definition) is 1. The number of para-hydroxylation sites is 1. The molecule has 1 aliphatic heterocycles. The van der Waals surface area contributed by atoms with E-state index in [9.17, 15) is 13.2 Å². The predicted octanol–water partition coefficient (Wildman–Crippen LogP) is 5.57. The van der Waals surface area contributed by atoms with E-state index in [-0.39, 0.29) is 5.92 Å². The molecule has 0 atom stereocenters. The van der Waals surface area contributed by atoms with Crippen LogP contribution in [0.25, 0.3) is 10.9 Å². The van der Waals surface area contributed by atoms with Gasteiger partial charge in [0, 0.05) is 17.8 Å². The molecule has 1 aliphatic rings. The number of nitrogens with one attached hydrogen (secondary N) is 1. The average Bonchev–Trinajstić information content (AvgIpc) is 3.04. The molecule has 4 rings (SSSR count). The summed E-state index contributed by atoms with van der Waals surface area (Å²) in [4.78, 5) is 5.74. The first-order valence-corrected chi connectivity index (χ1v) is 8.96. The Bertz CT molecular complexity index is 856. The fourth-order valence-corrected chi connectivity index (χ4v) is 3.97. The predicted molar refractivity (Wildman–Crippen MR) is 97.0 cm³/mol. The number of benzene rings is 2. The van der Waals surface area contributed by atoms with Crippen LogP contribution >= 0.6 is 0 Å². The number of hydrogen-bond donors (Lipinski definition) is 1. The summed E-state index contributed by atoms with van der Waals surface area (Å²) in [5.74, 6) is -0.0215. The van der Waals surface area contributed by atoms with Gasteiger partial charge in [-0.1, -0.05) is 36.4 Å². The quantitative estimate of drug-likeness (QED) is 0.649. The highest BCUT2D eigenvalue weighted by atomic mass is 19.4. The van der Waals surface area contributed by atoms with Crippen LogP contribution in [0.15, 0.2) is 54.6 Å². The summed E-state index contributed by atoms with van der Waals surface area (Å²) in [6.45, 7) is 2.43. The summed E-state index contributed by atoms with van der Waals surface area (Å²) in [5, 5.41) is 1.19. The van der Waals surface area contributed by atoms with E-state index < -0.39 is 11.7 Å². The minimum atomic E-state index is -4.28. The number of halogens is 3. The molecule has 1 fully saturated rings. The zero-order chi connectivity index (χ0) is 18.1. The second-order valence-corrected chi connectivity index (χ2v) is 7.02. The van der Waals surface area contributed by atoms with Crippen LogP contribution in [0, 0.1) is 0 Å².